The molecule has 162 valence electrons. The lowest BCUT2D eigenvalue weighted by molar-refractivity contribution is -0.137. The van der Waals surface area contributed by atoms with Gasteiger partial charge in [-0.2, -0.15) is 13.2 Å². The second kappa shape index (κ2) is 10.3. The number of nitrogens with one attached hydrogen (secondary N) is 1. The van der Waals surface area contributed by atoms with Crippen molar-refractivity contribution in [2.24, 2.45) is 0 Å². The first-order chi connectivity index (χ1) is 14.2. The van der Waals surface area contributed by atoms with Crippen LogP contribution in [0.25, 0.3) is 0 Å². The summed E-state index contributed by atoms with van der Waals surface area (Å²) in [5.41, 5.74) is -1.35. The molecule has 0 aromatic heterocycles. The molecule has 0 aliphatic heterocycles. The van der Waals surface area contributed by atoms with E-state index in [4.69, 9.17) is 14.2 Å². The second-order valence-electron chi connectivity index (χ2n) is 6.01. The van der Waals surface area contributed by atoms with E-state index in [9.17, 15) is 22.8 Å². The zero-order valence-electron chi connectivity index (χ0n) is 16.1. The molecule has 10 heteroatoms. The molecule has 0 unspecified atom stereocenters. The van der Waals surface area contributed by atoms with E-state index in [0.29, 0.717) is 16.8 Å². The summed E-state index contributed by atoms with van der Waals surface area (Å²) < 4.78 is 55.1. The standard InChI is InChI=1S/C20H19BrF3NO5/c1-3-8-29-18-14(21)9-12(10-16(18)28-2)19(27)30-11-17(26)25-15-7-5-4-6-13(15)20(22,23)24/h4-7,9-10H,3,8,11H2,1-2H3,(H,25,26). The number of alkyl halides is 3. The van der Waals surface area contributed by atoms with Gasteiger partial charge in [0.1, 0.15) is 0 Å². The number of rotatable bonds is 8. The highest BCUT2D eigenvalue weighted by atomic mass is 79.9. The molecule has 0 atom stereocenters. The molecule has 30 heavy (non-hydrogen) atoms. The summed E-state index contributed by atoms with van der Waals surface area (Å²) in [7, 11) is 1.40. The Morgan fingerprint density at radius 2 is 1.87 bits per heavy atom. The van der Waals surface area contributed by atoms with Crippen LogP contribution >= 0.6 is 15.9 Å². The number of carbonyl (C=O) groups is 2. The van der Waals surface area contributed by atoms with Crippen molar-refractivity contribution in [1.29, 1.82) is 0 Å². The van der Waals surface area contributed by atoms with E-state index in [-0.39, 0.29) is 11.3 Å². The summed E-state index contributed by atoms with van der Waals surface area (Å²) in [5, 5.41) is 2.10. The predicted octanol–water partition coefficient (Wildman–Crippen LogP) is 5.06. The molecule has 0 heterocycles. The fourth-order valence-electron chi connectivity index (χ4n) is 2.42. The zero-order valence-corrected chi connectivity index (χ0v) is 17.7. The van der Waals surface area contributed by atoms with Gasteiger partial charge >= 0.3 is 12.1 Å². The number of carbonyl (C=O) groups excluding carboxylic acids is 2. The van der Waals surface area contributed by atoms with Crippen LogP contribution < -0.4 is 14.8 Å². The van der Waals surface area contributed by atoms with Crippen molar-refractivity contribution in [3.63, 3.8) is 0 Å². The van der Waals surface area contributed by atoms with Crippen molar-refractivity contribution in [1.82, 2.24) is 0 Å². The number of para-hydroxylation sites is 1. The minimum absolute atomic E-state index is 0.0751. The van der Waals surface area contributed by atoms with Gasteiger partial charge in [0.05, 0.1) is 35.0 Å². The topological polar surface area (TPSA) is 73.9 Å². The van der Waals surface area contributed by atoms with E-state index < -0.39 is 35.9 Å². The predicted molar refractivity (Wildman–Crippen MR) is 107 cm³/mol. The highest BCUT2D eigenvalue weighted by Crippen LogP contribution is 2.37. The molecule has 0 saturated carbocycles. The Labute approximate surface area is 179 Å². The van der Waals surface area contributed by atoms with Crippen LogP contribution in [0.1, 0.15) is 29.3 Å². The summed E-state index contributed by atoms with van der Waals surface area (Å²) >= 11 is 3.29. The van der Waals surface area contributed by atoms with E-state index in [1.54, 1.807) is 0 Å². The first kappa shape index (κ1) is 23.5. The Bertz CT molecular complexity index is 918. The van der Waals surface area contributed by atoms with Crippen molar-refractivity contribution < 1.29 is 37.0 Å². The van der Waals surface area contributed by atoms with E-state index in [1.807, 2.05) is 6.92 Å². The van der Waals surface area contributed by atoms with Crippen LogP contribution in [0.3, 0.4) is 0 Å². The smallest absolute Gasteiger partial charge is 0.418 e. The Morgan fingerprint density at radius 1 is 1.17 bits per heavy atom. The van der Waals surface area contributed by atoms with Crippen LogP contribution in [0, 0.1) is 0 Å². The lowest BCUT2D eigenvalue weighted by Gasteiger charge is -2.14. The van der Waals surface area contributed by atoms with Gasteiger partial charge in [0.15, 0.2) is 18.1 Å². The number of benzene rings is 2. The lowest BCUT2D eigenvalue weighted by Crippen LogP contribution is -2.22. The van der Waals surface area contributed by atoms with Gasteiger partial charge in [0.2, 0.25) is 0 Å². The van der Waals surface area contributed by atoms with E-state index in [1.165, 1.54) is 31.4 Å². The van der Waals surface area contributed by atoms with Gasteiger partial charge in [0.25, 0.3) is 5.91 Å². The van der Waals surface area contributed by atoms with Gasteiger partial charge in [-0.05, 0) is 46.6 Å². The van der Waals surface area contributed by atoms with Crippen molar-refractivity contribution in [3.8, 4) is 11.5 Å². The minimum Gasteiger partial charge on any atom is -0.493 e. The molecule has 0 saturated heterocycles. The van der Waals surface area contributed by atoms with Gasteiger partial charge in [0, 0.05) is 0 Å². The lowest BCUT2D eigenvalue weighted by atomic mass is 10.1. The van der Waals surface area contributed by atoms with Gasteiger partial charge < -0.3 is 19.5 Å². The monoisotopic (exact) mass is 489 g/mol. The average molecular weight is 490 g/mol. The van der Waals surface area contributed by atoms with Crippen LogP contribution in [0.2, 0.25) is 0 Å². The molecule has 2 rings (SSSR count). The fourth-order valence-corrected chi connectivity index (χ4v) is 2.98. The number of hydrogen-bond acceptors (Lipinski definition) is 5. The van der Waals surface area contributed by atoms with Crippen molar-refractivity contribution in [2.45, 2.75) is 19.5 Å². The van der Waals surface area contributed by atoms with Crippen molar-refractivity contribution >= 4 is 33.5 Å². The molecule has 0 aliphatic rings. The highest BCUT2D eigenvalue weighted by molar-refractivity contribution is 9.10. The number of esters is 1. The third-order valence-electron chi connectivity index (χ3n) is 3.76. The normalized spacial score (nSPS) is 11.0. The molecular weight excluding hydrogens is 471 g/mol. The second-order valence-corrected chi connectivity index (χ2v) is 6.86. The Hall–Kier alpha value is -2.75. The summed E-state index contributed by atoms with van der Waals surface area (Å²) in [6.45, 7) is 1.61. The van der Waals surface area contributed by atoms with Crippen LogP contribution in [0.15, 0.2) is 40.9 Å². The van der Waals surface area contributed by atoms with Crippen molar-refractivity contribution in [3.05, 3.63) is 52.0 Å². The third kappa shape index (κ3) is 6.12. The van der Waals surface area contributed by atoms with Gasteiger partial charge in [-0.15, -0.1) is 0 Å². The van der Waals surface area contributed by atoms with Crippen LogP contribution in [0.4, 0.5) is 18.9 Å². The maximum absolute atomic E-state index is 13.0. The number of ether oxygens (including phenoxy) is 3. The molecule has 0 radical (unpaired) electrons. The summed E-state index contributed by atoms with van der Waals surface area (Å²) in [6.07, 6.45) is -3.86. The molecule has 1 N–H and O–H groups in total. The summed E-state index contributed by atoms with van der Waals surface area (Å²) in [4.78, 5) is 24.3. The highest BCUT2D eigenvalue weighted by Gasteiger charge is 2.33. The quantitative estimate of drug-likeness (QED) is 0.524. The largest absolute Gasteiger partial charge is 0.493 e. The maximum Gasteiger partial charge on any atom is 0.418 e. The molecule has 2 aromatic carbocycles. The number of hydrogen-bond donors (Lipinski definition) is 1. The molecule has 0 aliphatic carbocycles. The number of halogens is 4. The number of methoxy groups -OCH3 is 1. The molecule has 0 bridgehead atoms. The molecule has 1 amide bonds. The zero-order chi connectivity index (χ0) is 22.3. The minimum atomic E-state index is -4.63. The number of amides is 1. The van der Waals surface area contributed by atoms with Crippen LogP contribution in [0.5, 0.6) is 11.5 Å². The Morgan fingerprint density at radius 3 is 2.50 bits per heavy atom. The van der Waals surface area contributed by atoms with Gasteiger partial charge in [-0.1, -0.05) is 19.1 Å². The molecule has 0 fully saturated rings. The average Bonchev–Trinajstić information content (AvgIpc) is 2.70. The molecule has 2 aromatic rings. The van der Waals surface area contributed by atoms with Gasteiger partial charge in [-0.3, -0.25) is 4.79 Å². The summed E-state index contributed by atoms with van der Waals surface area (Å²) in [6, 6.07) is 7.33. The maximum atomic E-state index is 13.0. The Kier molecular flexibility index (Phi) is 8.10. The first-order valence-electron chi connectivity index (χ1n) is 8.80. The molecule has 6 nitrogen and oxygen atoms in total. The fraction of sp³-hybridized carbons (Fsp3) is 0.300. The third-order valence-corrected chi connectivity index (χ3v) is 4.35. The first-order valence-corrected chi connectivity index (χ1v) is 9.60. The van der Waals surface area contributed by atoms with Crippen LogP contribution in [-0.4, -0.2) is 32.2 Å². The van der Waals surface area contributed by atoms with E-state index >= 15 is 0 Å². The molecular formula is C20H19BrF3NO5. The Balaban J connectivity index is 2.06. The van der Waals surface area contributed by atoms with Gasteiger partial charge in [-0.25, -0.2) is 4.79 Å². The van der Waals surface area contributed by atoms with E-state index in [2.05, 4.69) is 21.2 Å². The number of anilines is 1. The SMILES string of the molecule is CCCOc1c(Br)cc(C(=O)OCC(=O)Nc2ccccc2C(F)(F)F)cc1OC. The van der Waals surface area contributed by atoms with Crippen molar-refractivity contribution in [2.75, 3.05) is 25.6 Å². The molecule has 0 spiro atoms. The van der Waals surface area contributed by atoms with E-state index in [0.717, 1.165) is 18.6 Å². The summed E-state index contributed by atoms with van der Waals surface area (Å²) in [5.74, 6) is -1.06. The van der Waals surface area contributed by atoms with Crippen LogP contribution in [-0.2, 0) is 15.7 Å².